The molecule has 0 rings (SSSR count). The van der Waals surface area contributed by atoms with E-state index in [2.05, 4.69) is 5.32 Å². The predicted molar refractivity (Wildman–Crippen MR) is 43.6 cm³/mol. The molecule has 0 heterocycles. The lowest BCUT2D eigenvalue weighted by atomic mass is 10.2. The van der Waals surface area contributed by atoms with Crippen LogP contribution in [0.3, 0.4) is 0 Å². The molecule has 0 aromatic heterocycles. The fourth-order valence-electron chi connectivity index (χ4n) is 0.641. The van der Waals surface area contributed by atoms with Crippen molar-refractivity contribution in [2.45, 2.75) is 32.0 Å². The van der Waals surface area contributed by atoms with E-state index < -0.39 is 24.9 Å². The number of carbonyl (C=O) groups is 1. The van der Waals surface area contributed by atoms with Gasteiger partial charge in [-0.3, -0.25) is 4.79 Å². The van der Waals surface area contributed by atoms with Gasteiger partial charge in [-0.05, 0) is 6.92 Å². The molecule has 13 heavy (non-hydrogen) atoms. The molecule has 78 valence electrons. The minimum atomic E-state index is -4.28. The van der Waals surface area contributed by atoms with Gasteiger partial charge in [0, 0.05) is 18.3 Å². The first-order valence-corrected chi connectivity index (χ1v) is 4.30. The van der Waals surface area contributed by atoms with Gasteiger partial charge in [-0.15, -0.1) is 11.6 Å². The summed E-state index contributed by atoms with van der Waals surface area (Å²) in [5.41, 5.74) is 0. The zero-order valence-corrected chi connectivity index (χ0v) is 7.87. The summed E-state index contributed by atoms with van der Waals surface area (Å²) in [6.07, 6.45) is -5.90. The van der Waals surface area contributed by atoms with E-state index in [1.54, 1.807) is 6.92 Å². The molecule has 0 saturated heterocycles. The van der Waals surface area contributed by atoms with Gasteiger partial charge in [0.2, 0.25) is 5.91 Å². The van der Waals surface area contributed by atoms with Crippen molar-refractivity contribution in [1.29, 1.82) is 0 Å². The molecule has 0 radical (unpaired) electrons. The first-order valence-electron chi connectivity index (χ1n) is 3.77. The largest absolute Gasteiger partial charge is 0.389 e. The smallest absolute Gasteiger partial charge is 0.352 e. The zero-order valence-electron chi connectivity index (χ0n) is 7.12. The van der Waals surface area contributed by atoms with Gasteiger partial charge in [-0.1, -0.05) is 0 Å². The number of hydrogen-bond acceptors (Lipinski definition) is 1. The van der Waals surface area contributed by atoms with Crippen LogP contribution in [0.25, 0.3) is 0 Å². The number of carbonyl (C=O) groups excluding carboxylic acids is 1. The monoisotopic (exact) mass is 217 g/mol. The summed E-state index contributed by atoms with van der Waals surface area (Å²) in [5, 5.41) is 2.33. The summed E-state index contributed by atoms with van der Waals surface area (Å²) in [7, 11) is 0. The molecule has 0 fully saturated rings. The zero-order chi connectivity index (χ0) is 10.5. The van der Waals surface area contributed by atoms with Crippen molar-refractivity contribution in [1.82, 2.24) is 5.32 Å². The van der Waals surface area contributed by atoms with Crippen molar-refractivity contribution in [3.8, 4) is 0 Å². The highest BCUT2D eigenvalue weighted by molar-refractivity contribution is 6.18. The molecule has 0 aliphatic carbocycles. The van der Waals surface area contributed by atoms with Crippen LogP contribution in [0.2, 0.25) is 0 Å². The quantitative estimate of drug-likeness (QED) is 0.718. The van der Waals surface area contributed by atoms with Gasteiger partial charge in [0.25, 0.3) is 0 Å². The Labute approximate surface area is 79.4 Å². The maximum absolute atomic E-state index is 11.6. The van der Waals surface area contributed by atoms with Crippen molar-refractivity contribution in [3.05, 3.63) is 0 Å². The van der Waals surface area contributed by atoms with E-state index in [1.807, 2.05) is 0 Å². The van der Waals surface area contributed by atoms with E-state index in [0.29, 0.717) is 0 Å². The van der Waals surface area contributed by atoms with Gasteiger partial charge < -0.3 is 5.32 Å². The van der Waals surface area contributed by atoms with E-state index in [4.69, 9.17) is 11.6 Å². The van der Waals surface area contributed by atoms with Gasteiger partial charge in [-0.2, -0.15) is 13.2 Å². The molecule has 1 amide bonds. The van der Waals surface area contributed by atoms with E-state index in [9.17, 15) is 18.0 Å². The van der Waals surface area contributed by atoms with Crippen LogP contribution < -0.4 is 5.32 Å². The molecule has 0 aliphatic heterocycles. The lowest BCUT2D eigenvalue weighted by Gasteiger charge is -2.11. The molecular weight excluding hydrogens is 207 g/mol. The third kappa shape index (κ3) is 7.90. The Hall–Kier alpha value is -0.450. The molecule has 1 atom stereocenters. The Morgan fingerprint density at radius 3 is 2.46 bits per heavy atom. The van der Waals surface area contributed by atoms with Crippen molar-refractivity contribution in [2.24, 2.45) is 0 Å². The van der Waals surface area contributed by atoms with E-state index in [1.165, 1.54) is 0 Å². The molecule has 1 unspecified atom stereocenters. The summed E-state index contributed by atoms with van der Waals surface area (Å²) in [6, 6.07) is -0.289. The van der Waals surface area contributed by atoms with Crippen molar-refractivity contribution < 1.29 is 18.0 Å². The number of halogens is 4. The fraction of sp³-hybridized carbons (Fsp3) is 0.857. The predicted octanol–water partition coefficient (Wildman–Crippen LogP) is 2.07. The number of amides is 1. The average Bonchev–Trinajstić information content (AvgIpc) is 1.99. The van der Waals surface area contributed by atoms with Crippen LogP contribution in [0.15, 0.2) is 0 Å². The first-order chi connectivity index (χ1) is 5.85. The summed E-state index contributed by atoms with van der Waals surface area (Å²) in [5.74, 6) is -0.428. The molecule has 0 spiro atoms. The third-order valence-electron chi connectivity index (χ3n) is 1.27. The Morgan fingerprint density at radius 1 is 1.54 bits per heavy atom. The average molecular weight is 218 g/mol. The normalized spacial score (nSPS) is 13.9. The van der Waals surface area contributed by atoms with E-state index in [0.717, 1.165) is 0 Å². The lowest BCUT2D eigenvalue weighted by Crippen LogP contribution is -2.34. The van der Waals surface area contributed by atoms with Gasteiger partial charge in [-0.25, -0.2) is 0 Å². The van der Waals surface area contributed by atoms with Crippen LogP contribution in [-0.2, 0) is 4.79 Å². The molecule has 0 saturated carbocycles. The minimum absolute atomic E-state index is 0.192. The summed E-state index contributed by atoms with van der Waals surface area (Å²) < 4.78 is 34.9. The van der Waals surface area contributed by atoms with E-state index in [-0.39, 0.29) is 11.9 Å². The summed E-state index contributed by atoms with van der Waals surface area (Å²) >= 11 is 5.35. The summed E-state index contributed by atoms with van der Waals surface area (Å²) in [6.45, 7) is 1.62. The van der Waals surface area contributed by atoms with Crippen LogP contribution in [0.5, 0.6) is 0 Å². The number of alkyl halides is 4. The van der Waals surface area contributed by atoms with Crippen LogP contribution in [-0.4, -0.2) is 24.0 Å². The maximum Gasteiger partial charge on any atom is 0.389 e. The molecule has 1 N–H and O–H groups in total. The van der Waals surface area contributed by atoms with Crippen LogP contribution in [0.1, 0.15) is 19.8 Å². The fourth-order valence-corrected chi connectivity index (χ4v) is 0.718. The molecule has 2 nitrogen and oxygen atoms in total. The van der Waals surface area contributed by atoms with Crippen LogP contribution in [0.4, 0.5) is 13.2 Å². The van der Waals surface area contributed by atoms with Crippen LogP contribution in [0, 0.1) is 0 Å². The highest BCUT2D eigenvalue weighted by Gasteiger charge is 2.27. The third-order valence-corrected chi connectivity index (χ3v) is 1.74. The first kappa shape index (κ1) is 12.6. The molecular formula is C7H11ClF3NO. The molecule has 0 bridgehead atoms. The second-order valence-electron chi connectivity index (χ2n) is 2.74. The van der Waals surface area contributed by atoms with Crippen LogP contribution >= 0.6 is 11.6 Å². The molecule has 0 aliphatic rings. The second-order valence-corrected chi connectivity index (χ2v) is 3.05. The standard InChI is InChI=1S/C7H11ClF3NO/c1-5(4-8)12-6(13)2-3-7(9,10)11/h5H,2-4H2,1H3,(H,12,13). The van der Waals surface area contributed by atoms with Gasteiger partial charge in [0.1, 0.15) is 0 Å². The number of rotatable bonds is 4. The number of hydrogen-bond donors (Lipinski definition) is 1. The van der Waals surface area contributed by atoms with Gasteiger partial charge >= 0.3 is 6.18 Å². The highest BCUT2D eigenvalue weighted by atomic mass is 35.5. The SMILES string of the molecule is CC(CCl)NC(=O)CCC(F)(F)F. The number of nitrogens with one attached hydrogen (secondary N) is 1. The highest BCUT2D eigenvalue weighted by Crippen LogP contribution is 2.20. The Bertz CT molecular complexity index is 172. The van der Waals surface area contributed by atoms with E-state index >= 15 is 0 Å². The molecule has 6 heteroatoms. The van der Waals surface area contributed by atoms with Gasteiger partial charge in [0.15, 0.2) is 0 Å². The second kappa shape index (κ2) is 5.32. The lowest BCUT2D eigenvalue weighted by molar-refractivity contribution is -0.144. The van der Waals surface area contributed by atoms with Gasteiger partial charge in [0.05, 0.1) is 6.42 Å². The Balaban J connectivity index is 3.64. The van der Waals surface area contributed by atoms with Crippen molar-refractivity contribution >= 4 is 17.5 Å². The molecule has 0 aromatic carbocycles. The Morgan fingerprint density at radius 2 is 2.08 bits per heavy atom. The Kier molecular flexibility index (Phi) is 5.13. The van der Waals surface area contributed by atoms with Crippen molar-refractivity contribution in [3.63, 3.8) is 0 Å². The minimum Gasteiger partial charge on any atom is -0.352 e. The maximum atomic E-state index is 11.6. The molecule has 0 aromatic rings. The topological polar surface area (TPSA) is 29.1 Å². The summed E-state index contributed by atoms with van der Waals surface area (Å²) in [4.78, 5) is 10.8. The van der Waals surface area contributed by atoms with Crippen molar-refractivity contribution in [2.75, 3.05) is 5.88 Å².